The molecular formula is C21H30NO+. The molecule has 1 N–H and O–H groups in total. The molecule has 4 aliphatic rings. The second-order valence-electron chi connectivity index (χ2n) is 9.20. The molecule has 1 aromatic carbocycles. The number of aromatic hydroxyl groups is 1. The first-order chi connectivity index (χ1) is 11.1. The van der Waals surface area contributed by atoms with E-state index in [1.165, 1.54) is 74.5 Å². The average molecular weight is 312 g/mol. The Labute approximate surface area is 140 Å². The third kappa shape index (κ3) is 2.03. The molecule has 1 heterocycles. The zero-order valence-corrected chi connectivity index (χ0v) is 14.4. The number of likely N-dealkylation sites (N-methyl/N-ethyl adjacent to an activating group) is 1. The van der Waals surface area contributed by atoms with Crippen LogP contribution in [0, 0.1) is 11.8 Å². The number of phenols is 1. The van der Waals surface area contributed by atoms with E-state index in [4.69, 9.17) is 0 Å². The minimum atomic E-state index is 0.385. The van der Waals surface area contributed by atoms with Gasteiger partial charge in [0.05, 0.1) is 26.2 Å². The number of hydrogen-bond donors (Lipinski definition) is 1. The molecule has 3 aliphatic carbocycles. The van der Waals surface area contributed by atoms with Crippen molar-refractivity contribution in [3.05, 3.63) is 29.3 Å². The first-order valence-electron chi connectivity index (χ1n) is 9.77. The second kappa shape index (κ2) is 4.75. The highest BCUT2D eigenvalue weighted by Crippen LogP contribution is 2.58. The molecule has 3 fully saturated rings. The van der Waals surface area contributed by atoms with Crippen molar-refractivity contribution < 1.29 is 9.59 Å². The van der Waals surface area contributed by atoms with Crippen LogP contribution >= 0.6 is 0 Å². The van der Waals surface area contributed by atoms with Crippen LogP contribution in [0.2, 0.25) is 0 Å². The number of quaternary nitrogens is 1. The largest absolute Gasteiger partial charge is 0.508 e. The molecule has 5 rings (SSSR count). The van der Waals surface area contributed by atoms with Crippen molar-refractivity contribution in [2.24, 2.45) is 11.8 Å². The van der Waals surface area contributed by atoms with E-state index in [1.54, 1.807) is 5.56 Å². The summed E-state index contributed by atoms with van der Waals surface area (Å²) in [4.78, 5) is 0. The summed E-state index contributed by atoms with van der Waals surface area (Å²) >= 11 is 0. The molecule has 0 radical (unpaired) electrons. The standard InChI is InChI=1S/C21H29NO/c1-22(14-15-5-6-15)11-10-21-9-3-2-4-18(21)20(22)12-16-7-8-17(23)13-19(16)21/h7-8,13,15,18,20H,2-6,9-12,14H2,1H3/p+1/t18-,20-,21-,22+/m1/s1. The van der Waals surface area contributed by atoms with Crippen LogP contribution in [0.4, 0.5) is 0 Å². The van der Waals surface area contributed by atoms with Gasteiger partial charge >= 0.3 is 0 Å². The minimum absolute atomic E-state index is 0.385. The summed E-state index contributed by atoms with van der Waals surface area (Å²) in [5.41, 5.74) is 3.46. The normalized spacial score (nSPS) is 42.0. The lowest BCUT2D eigenvalue weighted by atomic mass is 9.52. The van der Waals surface area contributed by atoms with Crippen LogP contribution in [0.25, 0.3) is 0 Å². The van der Waals surface area contributed by atoms with E-state index in [-0.39, 0.29) is 0 Å². The fraction of sp³-hybridized carbons (Fsp3) is 0.714. The first kappa shape index (κ1) is 14.3. The van der Waals surface area contributed by atoms with Gasteiger partial charge in [-0.05, 0) is 48.9 Å². The van der Waals surface area contributed by atoms with Crippen molar-refractivity contribution in [3.8, 4) is 5.75 Å². The van der Waals surface area contributed by atoms with Crippen molar-refractivity contribution in [1.82, 2.24) is 0 Å². The van der Waals surface area contributed by atoms with E-state index in [0.29, 0.717) is 11.2 Å². The summed E-state index contributed by atoms with van der Waals surface area (Å²) in [6, 6.07) is 7.10. The Bertz CT molecular complexity index is 637. The zero-order chi connectivity index (χ0) is 15.7. The van der Waals surface area contributed by atoms with Gasteiger partial charge in [-0.15, -0.1) is 0 Å². The summed E-state index contributed by atoms with van der Waals surface area (Å²) in [6.07, 6.45) is 11.1. The van der Waals surface area contributed by atoms with Crippen molar-refractivity contribution in [1.29, 1.82) is 0 Å². The smallest absolute Gasteiger partial charge is 0.115 e. The maximum atomic E-state index is 10.1. The summed E-state index contributed by atoms with van der Waals surface area (Å²) in [6.45, 7) is 2.78. The quantitative estimate of drug-likeness (QED) is 0.818. The molecule has 2 nitrogen and oxygen atoms in total. The molecule has 0 aromatic heterocycles. The Balaban J connectivity index is 1.62. The predicted octanol–water partition coefficient (Wildman–Crippen LogP) is 4.01. The lowest BCUT2D eigenvalue weighted by Crippen LogP contribution is -2.68. The van der Waals surface area contributed by atoms with Crippen LogP contribution in [-0.2, 0) is 11.8 Å². The van der Waals surface area contributed by atoms with E-state index >= 15 is 0 Å². The highest BCUT2D eigenvalue weighted by molar-refractivity contribution is 5.44. The lowest BCUT2D eigenvalue weighted by Gasteiger charge is -2.61. The molecule has 0 amide bonds. The van der Waals surface area contributed by atoms with Crippen molar-refractivity contribution in [2.45, 2.75) is 62.8 Å². The molecule has 2 heteroatoms. The lowest BCUT2D eigenvalue weighted by molar-refractivity contribution is -0.946. The first-order valence-corrected chi connectivity index (χ1v) is 9.77. The molecule has 0 spiro atoms. The van der Waals surface area contributed by atoms with Gasteiger partial charge in [-0.25, -0.2) is 0 Å². The Morgan fingerprint density at radius 3 is 2.87 bits per heavy atom. The van der Waals surface area contributed by atoms with Gasteiger partial charge in [-0.1, -0.05) is 18.9 Å². The summed E-state index contributed by atoms with van der Waals surface area (Å²) in [7, 11) is 2.56. The van der Waals surface area contributed by atoms with Crippen LogP contribution < -0.4 is 0 Å². The molecule has 2 saturated carbocycles. The van der Waals surface area contributed by atoms with Gasteiger partial charge in [-0.3, -0.25) is 0 Å². The van der Waals surface area contributed by atoms with Gasteiger partial charge < -0.3 is 9.59 Å². The number of hydrogen-bond acceptors (Lipinski definition) is 1. The van der Waals surface area contributed by atoms with E-state index in [2.05, 4.69) is 19.2 Å². The molecular weight excluding hydrogens is 282 g/mol. The SMILES string of the molecule is C[N@@+]1(CC2CC2)CC[C@]23CCCC[C@@H]2[C@H]1Cc1ccc(O)cc13. The number of likely N-dealkylation sites (tertiary alicyclic amines) is 1. The van der Waals surface area contributed by atoms with Gasteiger partial charge in [0.2, 0.25) is 0 Å². The highest BCUT2D eigenvalue weighted by atomic mass is 16.3. The molecule has 1 aromatic rings. The van der Waals surface area contributed by atoms with E-state index in [9.17, 15) is 5.11 Å². The molecule has 2 bridgehead atoms. The molecule has 23 heavy (non-hydrogen) atoms. The number of benzene rings is 1. The third-order valence-corrected chi connectivity index (χ3v) is 7.86. The average Bonchev–Trinajstić information content (AvgIpc) is 3.35. The highest BCUT2D eigenvalue weighted by Gasteiger charge is 2.59. The number of phenolic OH excluding ortho intramolecular Hbond substituents is 1. The van der Waals surface area contributed by atoms with Gasteiger partial charge in [0.15, 0.2) is 0 Å². The van der Waals surface area contributed by atoms with Crippen LogP contribution in [0.3, 0.4) is 0 Å². The van der Waals surface area contributed by atoms with Gasteiger partial charge in [0, 0.05) is 30.1 Å². The summed E-state index contributed by atoms with van der Waals surface area (Å²) in [5, 5.41) is 10.1. The molecule has 1 aliphatic heterocycles. The van der Waals surface area contributed by atoms with Crippen LogP contribution in [0.5, 0.6) is 5.75 Å². The molecule has 4 atom stereocenters. The number of piperidine rings is 1. The molecule has 124 valence electrons. The number of rotatable bonds is 2. The van der Waals surface area contributed by atoms with Gasteiger partial charge in [0.1, 0.15) is 5.75 Å². The Hall–Kier alpha value is -1.02. The van der Waals surface area contributed by atoms with E-state index in [0.717, 1.165) is 17.9 Å². The van der Waals surface area contributed by atoms with Crippen LogP contribution in [0.1, 0.15) is 56.1 Å². The monoisotopic (exact) mass is 312 g/mol. The third-order valence-electron chi connectivity index (χ3n) is 7.86. The van der Waals surface area contributed by atoms with Crippen LogP contribution in [0.15, 0.2) is 18.2 Å². The van der Waals surface area contributed by atoms with Crippen LogP contribution in [-0.4, -0.2) is 35.8 Å². The topological polar surface area (TPSA) is 20.2 Å². The van der Waals surface area contributed by atoms with Gasteiger partial charge in [-0.2, -0.15) is 0 Å². The van der Waals surface area contributed by atoms with E-state index < -0.39 is 0 Å². The Kier molecular flexibility index (Phi) is 2.96. The predicted molar refractivity (Wildman–Crippen MR) is 92.5 cm³/mol. The van der Waals surface area contributed by atoms with Crippen molar-refractivity contribution in [2.75, 3.05) is 20.1 Å². The fourth-order valence-electron chi connectivity index (χ4n) is 6.57. The number of nitrogens with zero attached hydrogens (tertiary/aromatic N) is 1. The summed E-state index contributed by atoms with van der Waals surface area (Å²) in [5.74, 6) is 2.34. The number of fused-ring (bicyclic) bond motifs is 1. The molecule has 0 unspecified atom stereocenters. The van der Waals surface area contributed by atoms with E-state index in [1.807, 2.05) is 6.07 Å². The maximum Gasteiger partial charge on any atom is 0.115 e. The second-order valence-corrected chi connectivity index (χ2v) is 9.20. The zero-order valence-electron chi connectivity index (χ0n) is 14.4. The Morgan fingerprint density at radius 1 is 1.17 bits per heavy atom. The molecule has 1 saturated heterocycles. The Morgan fingerprint density at radius 2 is 2.04 bits per heavy atom. The van der Waals surface area contributed by atoms with Crippen molar-refractivity contribution in [3.63, 3.8) is 0 Å². The minimum Gasteiger partial charge on any atom is -0.508 e. The van der Waals surface area contributed by atoms with Crippen molar-refractivity contribution >= 4 is 0 Å². The fourth-order valence-corrected chi connectivity index (χ4v) is 6.57. The summed E-state index contributed by atoms with van der Waals surface area (Å²) < 4.78 is 1.33. The van der Waals surface area contributed by atoms with Gasteiger partial charge in [0.25, 0.3) is 0 Å². The maximum absolute atomic E-state index is 10.1.